The minimum atomic E-state index is -1.41. The predicted octanol–water partition coefficient (Wildman–Crippen LogP) is 1.38. The first-order valence-electron chi connectivity index (χ1n) is 8.21. The lowest BCUT2D eigenvalue weighted by Gasteiger charge is -2.21. The number of hydrogen-bond acceptors (Lipinski definition) is 7. The summed E-state index contributed by atoms with van der Waals surface area (Å²) in [6, 6.07) is 13.5. The highest BCUT2D eigenvalue weighted by molar-refractivity contribution is 5.95. The fourth-order valence-electron chi connectivity index (χ4n) is 2.41. The Hall–Kier alpha value is -3.10. The normalized spacial score (nSPS) is 12.7. The summed E-state index contributed by atoms with van der Waals surface area (Å²) in [6.07, 6.45) is -3.50. The van der Waals surface area contributed by atoms with Crippen molar-refractivity contribution in [2.24, 2.45) is 0 Å². The number of ether oxygens (including phenoxy) is 2. The monoisotopic (exact) mass is 374 g/mol. The van der Waals surface area contributed by atoms with Crippen LogP contribution in [0.3, 0.4) is 0 Å². The van der Waals surface area contributed by atoms with Crippen LogP contribution in [-0.2, 0) is 16.1 Å². The van der Waals surface area contributed by atoms with E-state index in [1.54, 1.807) is 0 Å². The number of nitrogen functional groups attached to an aromatic ring is 1. The zero-order valence-corrected chi connectivity index (χ0v) is 14.8. The van der Waals surface area contributed by atoms with Crippen LogP contribution in [-0.4, -0.2) is 42.0 Å². The van der Waals surface area contributed by atoms with Crippen LogP contribution in [0.15, 0.2) is 48.5 Å². The van der Waals surface area contributed by atoms with Gasteiger partial charge in [-0.1, -0.05) is 42.5 Å². The molecular weight excluding hydrogens is 352 g/mol. The standard InChI is InChI=1S/C19H22N2O6/c1-26-18(24)14-9-5-8-13(16(14)20)17(23)15(22)10-21-19(25)27-11-12-6-3-2-4-7-12/h2-9,15,17,22-23H,10-11,20H2,1H3,(H,21,25). The molecule has 2 unspecified atom stereocenters. The Labute approximate surface area is 156 Å². The molecule has 0 spiro atoms. The maximum Gasteiger partial charge on any atom is 0.407 e. The number of alkyl carbamates (subject to hydrolysis) is 1. The number of para-hydroxylation sites is 1. The first-order chi connectivity index (χ1) is 12.9. The van der Waals surface area contributed by atoms with E-state index in [1.807, 2.05) is 30.3 Å². The number of nitrogens with one attached hydrogen (secondary N) is 1. The summed E-state index contributed by atoms with van der Waals surface area (Å²) < 4.78 is 9.64. The molecule has 2 atom stereocenters. The van der Waals surface area contributed by atoms with Crippen molar-refractivity contribution in [1.29, 1.82) is 0 Å². The van der Waals surface area contributed by atoms with Crippen molar-refractivity contribution in [3.8, 4) is 0 Å². The van der Waals surface area contributed by atoms with Crippen molar-refractivity contribution in [3.05, 3.63) is 65.2 Å². The molecule has 0 heterocycles. The van der Waals surface area contributed by atoms with Crippen LogP contribution in [0.25, 0.3) is 0 Å². The third kappa shape index (κ3) is 5.44. The van der Waals surface area contributed by atoms with Gasteiger partial charge in [-0.05, 0) is 11.6 Å². The van der Waals surface area contributed by atoms with Crippen molar-refractivity contribution in [3.63, 3.8) is 0 Å². The van der Waals surface area contributed by atoms with Gasteiger partial charge in [0.15, 0.2) is 0 Å². The molecule has 0 fully saturated rings. The predicted molar refractivity (Wildman–Crippen MR) is 97.8 cm³/mol. The number of nitrogens with two attached hydrogens (primary N) is 1. The number of esters is 1. The fraction of sp³-hybridized carbons (Fsp3) is 0.263. The zero-order chi connectivity index (χ0) is 19.8. The Morgan fingerprint density at radius 3 is 2.48 bits per heavy atom. The summed E-state index contributed by atoms with van der Waals surface area (Å²) in [6.45, 7) is -0.184. The SMILES string of the molecule is COC(=O)c1cccc(C(O)C(O)CNC(=O)OCc2ccccc2)c1N. The molecule has 0 bridgehead atoms. The van der Waals surface area contributed by atoms with Gasteiger partial charge < -0.3 is 30.7 Å². The molecule has 5 N–H and O–H groups in total. The average molecular weight is 374 g/mol. The Kier molecular flexibility index (Phi) is 7.16. The van der Waals surface area contributed by atoms with E-state index in [9.17, 15) is 19.8 Å². The number of anilines is 1. The van der Waals surface area contributed by atoms with Gasteiger partial charge in [0.1, 0.15) is 18.8 Å². The number of carbonyl (C=O) groups is 2. The second-order valence-corrected chi connectivity index (χ2v) is 5.75. The molecule has 27 heavy (non-hydrogen) atoms. The van der Waals surface area contributed by atoms with Gasteiger partial charge in [-0.15, -0.1) is 0 Å². The first-order valence-corrected chi connectivity index (χ1v) is 8.21. The Bertz CT molecular complexity index is 781. The van der Waals surface area contributed by atoms with E-state index in [0.29, 0.717) is 0 Å². The second kappa shape index (κ2) is 9.56. The highest BCUT2D eigenvalue weighted by Gasteiger charge is 2.24. The second-order valence-electron chi connectivity index (χ2n) is 5.75. The molecule has 8 nitrogen and oxygen atoms in total. The molecule has 8 heteroatoms. The van der Waals surface area contributed by atoms with Gasteiger partial charge in [-0.25, -0.2) is 9.59 Å². The number of benzene rings is 2. The van der Waals surface area contributed by atoms with Gasteiger partial charge in [-0.3, -0.25) is 0 Å². The Morgan fingerprint density at radius 2 is 1.81 bits per heavy atom. The van der Waals surface area contributed by atoms with E-state index in [0.717, 1.165) is 5.56 Å². The summed E-state index contributed by atoms with van der Waals surface area (Å²) in [5.41, 5.74) is 6.94. The zero-order valence-electron chi connectivity index (χ0n) is 14.8. The quantitative estimate of drug-likeness (QED) is 0.425. The van der Waals surface area contributed by atoms with Crippen molar-refractivity contribution in [1.82, 2.24) is 5.32 Å². The Balaban J connectivity index is 1.91. The van der Waals surface area contributed by atoms with Gasteiger partial charge in [0.2, 0.25) is 0 Å². The molecule has 0 aromatic heterocycles. The van der Waals surface area contributed by atoms with E-state index in [4.69, 9.17) is 10.5 Å². The molecule has 2 rings (SSSR count). The molecule has 0 saturated heterocycles. The lowest BCUT2D eigenvalue weighted by molar-refractivity contribution is 0.0187. The molecule has 0 saturated carbocycles. The van der Waals surface area contributed by atoms with E-state index in [1.165, 1.54) is 25.3 Å². The maximum absolute atomic E-state index is 11.7. The highest BCUT2D eigenvalue weighted by Crippen LogP contribution is 2.26. The van der Waals surface area contributed by atoms with Gasteiger partial charge >= 0.3 is 12.1 Å². The topological polar surface area (TPSA) is 131 Å². The van der Waals surface area contributed by atoms with Gasteiger partial charge in [0.25, 0.3) is 0 Å². The van der Waals surface area contributed by atoms with Crippen molar-refractivity contribution in [2.75, 3.05) is 19.4 Å². The summed E-state index contributed by atoms with van der Waals surface area (Å²) >= 11 is 0. The van der Waals surface area contributed by atoms with Crippen LogP contribution < -0.4 is 11.1 Å². The Morgan fingerprint density at radius 1 is 1.11 bits per heavy atom. The summed E-state index contributed by atoms with van der Waals surface area (Å²) in [5.74, 6) is -0.654. The molecule has 2 aromatic carbocycles. The minimum absolute atomic E-state index is 0.00236. The first kappa shape index (κ1) is 20.2. The average Bonchev–Trinajstić information content (AvgIpc) is 2.70. The molecule has 0 aliphatic heterocycles. The molecule has 1 amide bonds. The van der Waals surface area contributed by atoms with E-state index >= 15 is 0 Å². The van der Waals surface area contributed by atoms with Gasteiger partial charge in [-0.2, -0.15) is 0 Å². The number of methoxy groups -OCH3 is 1. The lowest BCUT2D eigenvalue weighted by Crippen LogP contribution is -2.36. The van der Waals surface area contributed by atoms with Gasteiger partial charge in [0, 0.05) is 12.1 Å². The maximum atomic E-state index is 11.7. The third-order valence-electron chi connectivity index (χ3n) is 3.90. The highest BCUT2D eigenvalue weighted by atomic mass is 16.5. The number of hydrogen-bond donors (Lipinski definition) is 4. The number of amides is 1. The van der Waals surface area contributed by atoms with Crippen molar-refractivity contribution >= 4 is 17.7 Å². The number of aliphatic hydroxyl groups is 2. The van der Waals surface area contributed by atoms with Crippen LogP contribution in [0.2, 0.25) is 0 Å². The van der Waals surface area contributed by atoms with Crippen molar-refractivity contribution in [2.45, 2.75) is 18.8 Å². The van der Waals surface area contributed by atoms with Crippen LogP contribution in [0.5, 0.6) is 0 Å². The number of carbonyl (C=O) groups excluding carboxylic acids is 2. The van der Waals surface area contributed by atoms with Crippen LogP contribution in [0, 0.1) is 0 Å². The van der Waals surface area contributed by atoms with Crippen molar-refractivity contribution < 1.29 is 29.3 Å². The van der Waals surface area contributed by atoms with E-state index in [-0.39, 0.29) is 30.0 Å². The fourth-order valence-corrected chi connectivity index (χ4v) is 2.41. The molecule has 0 aliphatic carbocycles. The largest absolute Gasteiger partial charge is 0.465 e. The molecular formula is C19H22N2O6. The van der Waals surface area contributed by atoms with Crippen LogP contribution in [0.4, 0.5) is 10.5 Å². The third-order valence-corrected chi connectivity index (χ3v) is 3.90. The van der Waals surface area contributed by atoms with E-state index < -0.39 is 24.3 Å². The number of aliphatic hydroxyl groups excluding tert-OH is 2. The summed E-state index contributed by atoms with van der Waals surface area (Å²) in [7, 11) is 1.21. The molecule has 2 aromatic rings. The molecule has 0 aliphatic rings. The lowest BCUT2D eigenvalue weighted by atomic mass is 9.99. The minimum Gasteiger partial charge on any atom is -0.465 e. The smallest absolute Gasteiger partial charge is 0.407 e. The van der Waals surface area contributed by atoms with Gasteiger partial charge in [0.05, 0.1) is 18.4 Å². The van der Waals surface area contributed by atoms with E-state index in [2.05, 4.69) is 10.1 Å². The molecule has 144 valence electrons. The number of rotatable bonds is 7. The van der Waals surface area contributed by atoms with Crippen LogP contribution in [0.1, 0.15) is 27.6 Å². The molecule has 0 radical (unpaired) electrons. The van der Waals surface area contributed by atoms with Crippen LogP contribution >= 0.6 is 0 Å². The summed E-state index contributed by atoms with van der Waals surface area (Å²) in [5, 5.41) is 22.8. The summed E-state index contributed by atoms with van der Waals surface area (Å²) in [4.78, 5) is 23.4.